The van der Waals surface area contributed by atoms with E-state index >= 15 is 0 Å². The number of amides is 2. The number of sulfonamides is 1. The number of hydrogen-bond donors (Lipinski definition) is 4. The molecule has 2 amide bonds. The monoisotopic (exact) mass is 840 g/mol. The second-order valence-corrected chi connectivity index (χ2v) is 15.8. The number of aliphatic carboxylic acids is 2. The third kappa shape index (κ3) is 10.3. The average molecular weight is 842 g/mol. The van der Waals surface area contributed by atoms with E-state index in [1.165, 1.54) is 45.9 Å². The van der Waals surface area contributed by atoms with Gasteiger partial charge >= 0.3 is 12.1 Å². The Bertz CT molecular complexity index is 2080. The first-order valence-corrected chi connectivity index (χ1v) is 19.4. The van der Waals surface area contributed by atoms with E-state index in [4.69, 9.17) is 33.1 Å². The van der Waals surface area contributed by atoms with Crippen LogP contribution in [0.3, 0.4) is 0 Å². The molecule has 0 radical (unpaired) electrons. The van der Waals surface area contributed by atoms with Gasteiger partial charge in [-0.15, -0.1) is 0 Å². The van der Waals surface area contributed by atoms with Crippen molar-refractivity contribution in [3.05, 3.63) is 87.7 Å². The summed E-state index contributed by atoms with van der Waals surface area (Å²) in [5, 5.41) is 33.9. The molecule has 2 aliphatic heterocycles. The van der Waals surface area contributed by atoms with E-state index in [2.05, 4.69) is 15.6 Å². The van der Waals surface area contributed by atoms with E-state index in [0.717, 1.165) is 32.4 Å². The van der Waals surface area contributed by atoms with Crippen LogP contribution in [0.15, 0.2) is 65.8 Å². The summed E-state index contributed by atoms with van der Waals surface area (Å²) >= 11 is 12.2. The smallest absolute Gasteiger partial charge is 0.430 e. The quantitative estimate of drug-likeness (QED) is 0.222. The molecule has 5 rings (SSSR count). The number of benzene rings is 2. The Morgan fingerprint density at radius 1 is 1.09 bits per heavy atom. The number of carbonyl (C=O) groups excluding carboxylic acids is 3. The lowest BCUT2D eigenvalue weighted by molar-refractivity contribution is -0.928. The highest BCUT2D eigenvalue weighted by molar-refractivity contribution is 7.89. The van der Waals surface area contributed by atoms with Gasteiger partial charge in [-0.05, 0) is 61.6 Å². The van der Waals surface area contributed by atoms with Crippen molar-refractivity contribution in [2.24, 2.45) is 0 Å². The van der Waals surface area contributed by atoms with Crippen molar-refractivity contribution in [1.82, 2.24) is 14.6 Å². The summed E-state index contributed by atoms with van der Waals surface area (Å²) in [6.45, 7) is 3.55. The largest absolute Gasteiger partial charge is 0.542 e. The number of pyridine rings is 1. The molecule has 3 heterocycles. The summed E-state index contributed by atoms with van der Waals surface area (Å²) in [5.41, 5.74) is -0.362. The minimum absolute atomic E-state index is 0.0609. The molecular weight excluding hydrogens is 804 g/mol. The minimum atomic E-state index is -5.19. The molecule has 56 heavy (non-hydrogen) atoms. The Morgan fingerprint density at radius 3 is 2.23 bits per heavy atom. The van der Waals surface area contributed by atoms with Gasteiger partial charge in [-0.2, -0.15) is 22.7 Å². The normalized spacial score (nSPS) is 19.5. The topological polar surface area (TPSA) is 214 Å². The summed E-state index contributed by atoms with van der Waals surface area (Å²) in [7, 11) is -4.26. The van der Waals surface area contributed by atoms with Crippen LogP contribution >= 0.6 is 23.2 Å². The second-order valence-electron chi connectivity index (χ2n) is 13.2. The maximum absolute atomic E-state index is 14.3. The van der Waals surface area contributed by atoms with Crippen LogP contribution in [0.2, 0.25) is 10.0 Å². The summed E-state index contributed by atoms with van der Waals surface area (Å²) in [6.07, 6.45) is 0.756. The third-order valence-corrected chi connectivity index (χ3v) is 12.1. The molecule has 2 fully saturated rings. The number of carbonyl (C=O) groups is 4. The number of nitriles is 1. The SMILES string of the molecule is CC[C@@]1(C(=O)N[C@@H](Cc2ccc(NC(=O)c3c(Cl)cncc3Cl)cc2)C(=O)O)C[C@@H]([NH+]2CCCCC2)CN1S(=O)(=O)c1cccc(C#N)c1.O=C([O-])C(F)(F)F. The molecule has 0 aliphatic carbocycles. The van der Waals surface area contributed by atoms with Gasteiger partial charge in [0.15, 0.2) is 0 Å². The number of nitrogens with zero attached hydrogens (tertiary/aromatic N) is 3. The van der Waals surface area contributed by atoms with Gasteiger partial charge in [0.1, 0.15) is 23.6 Å². The summed E-state index contributed by atoms with van der Waals surface area (Å²) in [5.74, 6) is -5.53. The van der Waals surface area contributed by atoms with Crippen LogP contribution in [0.25, 0.3) is 0 Å². The van der Waals surface area contributed by atoms with Gasteiger partial charge in [0, 0.05) is 30.9 Å². The van der Waals surface area contributed by atoms with E-state index in [1.807, 2.05) is 6.07 Å². The number of alkyl halides is 3. The molecule has 2 saturated heterocycles. The number of piperidine rings is 1. The average Bonchev–Trinajstić information content (AvgIpc) is 3.58. The Morgan fingerprint density at radius 2 is 1.70 bits per heavy atom. The number of carboxylic acid groups (broad SMARTS) is 2. The molecule has 2 aliphatic rings. The van der Waals surface area contributed by atoms with Crippen LogP contribution in [0.4, 0.5) is 18.9 Å². The van der Waals surface area contributed by atoms with E-state index in [-0.39, 0.29) is 57.9 Å². The number of carboxylic acids is 2. The fraction of sp³-hybridized carbons (Fsp3) is 0.389. The zero-order chi connectivity index (χ0) is 41.4. The number of rotatable bonds is 11. The molecule has 0 unspecified atom stereocenters. The van der Waals surface area contributed by atoms with Gasteiger partial charge in [0.25, 0.3) is 5.91 Å². The van der Waals surface area contributed by atoms with E-state index in [1.54, 1.807) is 31.2 Å². The zero-order valence-electron chi connectivity index (χ0n) is 29.7. The lowest BCUT2D eigenvalue weighted by Crippen LogP contribution is -3.16. The molecular formula is C36H37Cl2F3N6O8S. The van der Waals surface area contributed by atoms with Crippen LogP contribution in [0.5, 0.6) is 0 Å². The maximum Gasteiger partial charge on any atom is 0.430 e. The Hall–Kier alpha value is -4.80. The van der Waals surface area contributed by atoms with Crippen LogP contribution in [-0.2, 0) is 30.8 Å². The second kappa shape index (κ2) is 18.4. The fourth-order valence-corrected chi connectivity index (χ4v) is 9.22. The molecule has 0 saturated carbocycles. The van der Waals surface area contributed by atoms with E-state index in [9.17, 15) is 46.3 Å². The molecule has 3 aromatic rings. The van der Waals surface area contributed by atoms with Crippen molar-refractivity contribution in [2.45, 2.75) is 74.1 Å². The highest BCUT2D eigenvalue weighted by Gasteiger charge is 2.58. The molecule has 3 atom stereocenters. The molecule has 300 valence electrons. The predicted molar refractivity (Wildman–Crippen MR) is 194 cm³/mol. The van der Waals surface area contributed by atoms with Gasteiger partial charge in [-0.1, -0.05) is 48.3 Å². The highest BCUT2D eigenvalue weighted by Crippen LogP contribution is 2.38. The summed E-state index contributed by atoms with van der Waals surface area (Å²) in [4.78, 5) is 53.3. The molecule has 1 aromatic heterocycles. The van der Waals surface area contributed by atoms with Gasteiger partial charge < -0.3 is 30.5 Å². The third-order valence-electron chi connectivity index (χ3n) is 9.65. The Labute approximate surface area is 330 Å². The van der Waals surface area contributed by atoms with Crippen LogP contribution < -0.4 is 20.6 Å². The van der Waals surface area contributed by atoms with Crippen LogP contribution in [-0.4, -0.2) is 90.0 Å². The number of likely N-dealkylation sites (tertiary alicyclic amines) is 1. The van der Waals surface area contributed by atoms with Gasteiger partial charge in [0.2, 0.25) is 15.9 Å². The summed E-state index contributed by atoms with van der Waals surface area (Å²) in [6, 6.07) is 12.5. The Kier molecular flexibility index (Phi) is 14.5. The lowest BCUT2D eigenvalue weighted by Gasteiger charge is -2.35. The number of nitrogens with one attached hydrogen (secondary N) is 3. The van der Waals surface area contributed by atoms with Crippen molar-refractivity contribution < 1.29 is 55.9 Å². The molecule has 4 N–H and O–H groups in total. The number of anilines is 1. The number of aromatic nitrogens is 1. The first-order chi connectivity index (χ1) is 26.3. The van der Waals surface area contributed by atoms with Crippen LogP contribution in [0, 0.1) is 11.3 Å². The highest BCUT2D eigenvalue weighted by atomic mass is 35.5. The van der Waals surface area contributed by atoms with Crippen molar-refractivity contribution >= 4 is 62.7 Å². The van der Waals surface area contributed by atoms with E-state index < -0.39 is 51.5 Å². The van der Waals surface area contributed by atoms with Crippen LogP contribution in [0.1, 0.15) is 60.5 Å². The van der Waals surface area contributed by atoms with Gasteiger partial charge in [0.05, 0.1) is 51.8 Å². The van der Waals surface area contributed by atoms with Crippen molar-refractivity contribution in [3.8, 4) is 6.07 Å². The minimum Gasteiger partial charge on any atom is -0.542 e. The first-order valence-electron chi connectivity index (χ1n) is 17.2. The molecule has 0 bridgehead atoms. The Balaban J connectivity index is 0.000000908. The van der Waals surface area contributed by atoms with E-state index in [0.29, 0.717) is 11.3 Å². The van der Waals surface area contributed by atoms with Crippen molar-refractivity contribution in [3.63, 3.8) is 0 Å². The van der Waals surface area contributed by atoms with Crippen molar-refractivity contribution in [1.29, 1.82) is 5.26 Å². The standard InChI is InChI=1S/C34H36Cl2N6O6S.C2HF3O2/c1-2-34(17-25(41-13-4-3-5-14-41)21-42(34)49(47,48)26-8-6-7-23(15-26)18-37)33(46)40-29(32(44)45)16-22-9-11-24(12-10-22)39-31(43)30-27(35)19-38-20-28(30)36;3-2(4,5)1(6)7/h6-12,15,19-20,25,29H,2-5,13-14,16-17,21H2,1H3,(H,39,43)(H,40,46)(H,44,45);(H,6,7)/t25-,29+,34+;/m1./s1. The first kappa shape index (κ1) is 43.9. The zero-order valence-corrected chi connectivity index (χ0v) is 32.1. The fourth-order valence-electron chi connectivity index (χ4n) is 6.78. The van der Waals surface area contributed by atoms with Gasteiger partial charge in [-0.25, -0.2) is 13.2 Å². The van der Waals surface area contributed by atoms with Crippen molar-refractivity contribution in [2.75, 3.05) is 25.0 Å². The molecule has 20 heteroatoms. The number of halogens is 5. The summed E-state index contributed by atoms with van der Waals surface area (Å²) < 4.78 is 61.2. The number of quaternary nitrogens is 1. The van der Waals surface area contributed by atoms with Gasteiger partial charge in [-0.3, -0.25) is 14.6 Å². The predicted octanol–water partition coefficient (Wildman–Crippen LogP) is 2.60. The molecule has 14 nitrogen and oxygen atoms in total. The number of hydrogen-bond acceptors (Lipinski definition) is 9. The molecule has 0 spiro atoms. The maximum atomic E-state index is 14.3. The molecule has 2 aromatic carbocycles. The lowest BCUT2D eigenvalue weighted by atomic mass is 9.90.